The van der Waals surface area contributed by atoms with Crippen molar-refractivity contribution in [2.75, 3.05) is 19.9 Å². The molecule has 0 saturated heterocycles. The first-order valence-electron chi connectivity index (χ1n) is 4.66. The van der Waals surface area contributed by atoms with Crippen LogP contribution >= 0.6 is 11.6 Å². The fourth-order valence-electron chi connectivity index (χ4n) is 1.28. The zero-order valence-electron chi connectivity index (χ0n) is 9.10. The van der Waals surface area contributed by atoms with Gasteiger partial charge in [-0.2, -0.15) is 0 Å². The van der Waals surface area contributed by atoms with E-state index in [2.05, 4.69) is 4.72 Å². The summed E-state index contributed by atoms with van der Waals surface area (Å²) in [6, 6.07) is 7.18. The number of nitrogens with one attached hydrogen (secondary N) is 1. The molecule has 1 N–H and O–H groups in total. The highest BCUT2D eigenvalue weighted by Gasteiger charge is 2.15. The minimum Gasteiger partial charge on any atom is -0.375 e. The van der Waals surface area contributed by atoms with Gasteiger partial charge in [-0.1, -0.05) is 29.8 Å². The van der Waals surface area contributed by atoms with Gasteiger partial charge in [-0.25, -0.2) is 13.1 Å². The van der Waals surface area contributed by atoms with Crippen LogP contribution in [0.15, 0.2) is 24.3 Å². The molecular weight excluding hydrogens is 250 g/mol. The molecule has 0 aliphatic carbocycles. The molecule has 0 fully saturated rings. The molecule has 0 aromatic heterocycles. The van der Waals surface area contributed by atoms with E-state index in [1.165, 1.54) is 7.11 Å². The van der Waals surface area contributed by atoms with E-state index in [1.807, 2.05) is 12.1 Å². The van der Waals surface area contributed by atoms with E-state index in [0.717, 1.165) is 11.8 Å². The Labute approximate surface area is 101 Å². The lowest BCUT2D eigenvalue weighted by atomic mass is 10.1. The Morgan fingerprint density at radius 2 is 2.06 bits per heavy atom. The number of sulfonamides is 1. The Morgan fingerprint density at radius 1 is 1.44 bits per heavy atom. The molecule has 0 aliphatic rings. The third-order valence-electron chi connectivity index (χ3n) is 2.07. The summed E-state index contributed by atoms with van der Waals surface area (Å²) in [7, 11) is -1.71. The summed E-state index contributed by atoms with van der Waals surface area (Å²) in [5.41, 5.74) is 0.766. The molecule has 0 unspecified atom stereocenters. The molecule has 90 valence electrons. The Hall–Kier alpha value is -0.620. The molecular formula is C10H14ClNO3S. The van der Waals surface area contributed by atoms with Crippen LogP contribution in [-0.2, 0) is 14.8 Å². The molecule has 0 radical (unpaired) electrons. The topological polar surface area (TPSA) is 55.4 Å². The summed E-state index contributed by atoms with van der Waals surface area (Å²) < 4.78 is 29.5. The van der Waals surface area contributed by atoms with Crippen molar-refractivity contribution in [2.24, 2.45) is 0 Å². The second-order valence-electron chi connectivity index (χ2n) is 3.37. The second-order valence-corrected chi connectivity index (χ2v) is 5.61. The van der Waals surface area contributed by atoms with E-state index in [4.69, 9.17) is 16.3 Å². The number of ether oxygens (including phenoxy) is 1. The van der Waals surface area contributed by atoms with Gasteiger partial charge in [-0.05, 0) is 6.07 Å². The first-order valence-corrected chi connectivity index (χ1v) is 6.93. The Kier molecular flexibility index (Phi) is 4.73. The number of hydrogen-bond acceptors (Lipinski definition) is 3. The summed E-state index contributed by atoms with van der Waals surface area (Å²) in [6.07, 6.45) is 0.718. The molecule has 4 nitrogen and oxygen atoms in total. The monoisotopic (exact) mass is 263 g/mol. The third-order valence-corrected chi connectivity index (χ3v) is 3.10. The van der Waals surface area contributed by atoms with Gasteiger partial charge in [-0.15, -0.1) is 0 Å². The minimum absolute atomic E-state index is 0.166. The molecule has 6 heteroatoms. The lowest BCUT2D eigenvalue weighted by Crippen LogP contribution is -2.28. The number of hydrogen-bond donors (Lipinski definition) is 1. The van der Waals surface area contributed by atoms with Crippen molar-refractivity contribution in [1.29, 1.82) is 0 Å². The van der Waals surface area contributed by atoms with Crippen LogP contribution in [-0.4, -0.2) is 28.3 Å². The summed E-state index contributed by atoms with van der Waals surface area (Å²) in [6.45, 7) is 0.166. The van der Waals surface area contributed by atoms with Crippen molar-refractivity contribution in [2.45, 2.75) is 6.10 Å². The highest BCUT2D eigenvalue weighted by molar-refractivity contribution is 7.88. The van der Waals surface area contributed by atoms with Gasteiger partial charge in [0.1, 0.15) is 0 Å². The van der Waals surface area contributed by atoms with Crippen LogP contribution in [0.4, 0.5) is 0 Å². The summed E-state index contributed by atoms with van der Waals surface area (Å²) in [5, 5.41) is 0.560. The van der Waals surface area contributed by atoms with Crippen molar-refractivity contribution in [3.63, 3.8) is 0 Å². The van der Waals surface area contributed by atoms with E-state index in [-0.39, 0.29) is 12.6 Å². The molecule has 1 aromatic carbocycles. The van der Waals surface area contributed by atoms with Gasteiger partial charge in [0.2, 0.25) is 10.0 Å². The Morgan fingerprint density at radius 3 is 2.56 bits per heavy atom. The molecule has 1 atom stereocenters. The molecule has 0 heterocycles. The van der Waals surface area contributed by atoms with Crippen LogP contribution < -0.4 is 4.72 Å². The van der Waals surface area contributed by atoms with Crippen LogP contribution in [0.25, 0.3) is 0 Å². The van der Waals surface area contributed by atoms with Crippen molar-refractivity contribution >= 4 is 21.6 Å². The SMILES string of the molecule is CO[C@@H](CNS(C)(=O)=O)c1ccccc1Cl. The normalized spacial score (nSPS) is 13.7. The fourth-order valence-corrected chi connectivity index (χ4v) is 2.00. The summed E-state index contributed by atoms with van der Waals surface area (Å²) >= 11 is 5.99. The van der Waals surface area contributed by atoms with E-state index in [9.17, 15) is 8.42 Å². The molecule has 0 bridgehead atoms. The molecule has 16 heavy (non-hydrogen) atoms. The number of halogens is 1. The highest BCUT2D eigenvalue weighted by atomic mass is 35.5. The van der Waals surface area contributed by atoms with E-state index in [1.54, 1.807) is 12.1 Å². The largest absolute Gasteiger partial charge is 0.375 e. The predicted molar refractivity (Wildman–Crippen MR) is 64.0 cm³/mol. The third kappa shape index (κ3) is 4.09. The van der Waals surface area contributed by atoms with Crippen molar-refractivity contribution in [3.8, 4) is 0 Å². The number of methoxy groups -OCH3 is 1. The van der Waals surface area contributed by atoms with Crippen molar-refractivity contribution in [3.05, 3.63) is 34.9 Å². The van der Waals surface area contributed by atoms with Gasteiger partial charge in [0.05, 0.1) is 12.4 Å². The lowest BCUT2D eigenvalue weighted by molar-refractivity contribution is 0.107. The van der Waals surface area contributed by atoms with Crippen LogP contribution in [0, 0.1) is 0 Å². The molecule has 1 rings (SSSR count). The Balaban J connectivity index is 2.79. The number of benzene rings is 1. The molecule has 0 amide bonds. The quantitative estimate of drug-likeness (QED) is 0.878. The predicted octanol–water partition coefficient (Wildman–Crippen LogP) is 1.58. The maximum absolute atomic E-state index is 11.0. The van der Waals surface area contributed by atoms with E-state index >= 15 is 0 Å². The van der Waals surface area contributed by atoms with Crippen molar-refractivity contribution in [1.82, 2.24) is 4.72 Å². The molecule has 0 aliphatic heterocycles. The number of rotatable bonds is 5. The standard InChI is InChI=1S/C10H14ClNO3S/c1-15-10(7-12-16(2,13)14)8-5-3-4-6-9(8)11/h3-6,10,12H,7H2,1-2H3/t10-/m0/s1. The average Bonchev–Trinajstić information content (AvgIpc) is 2.20. The zero-order valence-corrected chi connectivity index (χ0v) is 10.7. The van der Waals surface area contributed by atoms with Crippen molar-refractivity contribution < 1.29 is 13.2 Å². The molecule has 1 aromatic rings. The first kappa shape index (κ1) is 13.4. The minimum atomic E-state index is -3.22. The zero-order chi connectivity index (χ0) is 12.2. The highest BCUT2D eigenvalue weighted by Crippen LogP contribution is 2.24. The molecule has 0 saturated carbocycles. The summed E-state index contributed by atoms with van der Waals surface area (Å²) in [4.78, 5) is 0. The maximum atomic E-state index is 11.0. The van der Waals surface area contributed by atoms with E-state index in [0.29, 0.717) is 5.02 Å². The maximum Gasteiger partial charge on any atom is 0.208 e. The first-order chi connectivity index (χ1) is 7.44. The van der Waals surface area contributed by atoms with Gasteiger partial charge in [0.15, 0.2) is 0 Å². The fraction of sp³-hybridized carbons (Fsp3) is 0.400. The smallest absolute Gasteiger partial charge is 0.208 e. The summed E-state index contributed by atoms with van der Waals surface area (Å²) in [5.74, 6) is 0. The van der Waals surface area contributed by atoms with Gasteiger partial charge in [0, 0.05) is 24.2 Å². The second kappa shape index (κ2) is 5.63. The molecule has 0 spiro atoms. The Bertz CT molecular complexity index is 447. The van der Waals surface area contributed by atoms with Crippen LogP contribution in [0.1, 0.15) is 11.7 Å². The van der Waals surface area contributed by atoms with E-state index < -0.39 is 10.0 Å². The van der Waals surface area contributed by atoms with Gasteiger partial charge < -0.3 is 4.74 Å². The van der Waals surface area contributed by atoms with Gasteiger partial charge >= 0.3 is 0 Å². The average molecular weight is 264 g/mol. The van der Waals surface area contributed by atoms with Gasteiger partial charge in [0.25, 0.3) is 0 Å². The lowest BCUT2D eigenvalue weighted by Gasteiger charge is -2.16. The van der Waals surface area contributed by atoms with Crippen LogP contribution in [0.5, 0.6) is 0 Å². The van der Waals surface area contributed by atoms with Crippen LogP contribution in [0.3, 0.4) is 0 Å². The van der Waals surface area contributed by atoms with Gasteiger partial charge in [-0.3, -0.25) is 0 Å². The van der Waals surface area contributed by atoms with Crippen LogP contribution in [0.2, 0.25) is 5.02 Å².